The number of allylic oxidation sites excluding steroid dienone is 2. The smallest absolute Gasteiger partial charge is 0.422 e. The molecule has 0 atom stereocenters. The molecule has 2 fully saturated rings. The lowest BCUT2D eigenvalue weighted by atomic mass is 10.2. The lowest BCUT2D eigenvalue weighted by Crippen LogP contribution is -2.53. The number of aromatic nitrogens is 4. The molecule has 2 N–H and O–H groups in total. The second-order valence-corrected chi connectivity index (χ2v) is 18.7. The number of hydrogen-bond acceptors (Lipinski definition) is 13. The number of ether oxygens (including phenoxy) is 3. The predicted octanol–water partition coefficient (Wildman–Crippen LogP) is 6.54. The van der Waals surface area contributed by atoms with Crippen molar-refractivity contribution in [1.82, 2.24) is 33.9 Å². The van der Waals surface area contributed by atoms with E-state index in [1.54, 1.807) is 75.5 Å². The van der Waals surface area contributed by atoms with E-state index in [0.29, 0.717) is 46.1 Å². The number of rotatable bonds is 18. The number of hydrogen-bond donors (Lipinski definition) is 2. The van der Waals surface area contributed by atoms with Crippen LogP contribution in [0, 0.1) is 0 Å². The van der Waals surface area contributed by atoms with Gasteiger partial charge in [-0.05, 0) is 95.7 Å². The van der Waals surface area contributed by atoms with Crippen LogP contribution < -0.4 is 40.4 Å². The SMILES string of the molecule is C=CCCCCOc1c(N2CCN(S(=O)(=O)NC(=O)OC(C)(C)C)CC2)cnn(-c2cccc(Cl)c2)c1=O.C=CCCCCOc1c(N2CCNCC2)cnn(-c2cccc(Cl)c2)c1=O. The molecule has 17 nitrogen and oxygen atoms in total. The van der Waals surface area contributed by atoms with Crippen molar-refractivity contribution < 1.29 is 27.4 Å². The first-order chi connectivity index (χ1) is 31.1. The van der Waals surface area contributed by atoms with Crippen LogP contribution >= 0.6 is 23.2 Å². The minimum Gasteiger partial charge on any atom is -0.486 e. The molecule has 20 heteroatoms. The summed E-state index contributed by atoms with van der Waals surface area (Å²) in [5.41, 5.74) is 0.786. The molecule has 65 heavy (non-hydrogen) atoms. The van der Waals surface area contributed by atoms with E-state index < -0.39 is 27.5 Å². The first-order valence-corrected chi connectivity index (χ1v) is 23.8. The van der Waals surface area contributed by atoms with Gasteiger partial charge in [0.15, 0.2) is 0 Å². The zero-order valence-corrected chi connectivity index (χ0v) is 39.5. The molecule has 2 aliphatic heterocycles. The molecule has 2 saturated heterocycles. The largest absolute Gasteiger partial charge is 0.486 e. The summed E-state index contributed by atoms with van der Waals surface area (Å²) in [6.07, 6.45) is 11.2. The van der Waals surface area contributed by atoms with Gasteiger partial charge in [-0.2, -0.15) is 32.3 Å². The zero-order valence-electron chi connectivity index (χ0n) is 37.2. The maximum Gasteiger partial charge on any atom is 0.422 e. The monoisotopic (exact) mass is 955 g/mol. The van der Waals surface area contributed by atoms with Gasteiger partial charge in [-0.3, -0.25) is 9.59 Å². The van der Waals surface area contributed by atoms with Gasteiger partial charge >= 0.3 is 27.4 Å². The maximum absolute atomic E-state index is 13.4. The van der Waals surface area contributed by atoms with Crippen LogP contribution in [0.2, 0.25) is 10.0 Å². The number of anilines is 2. The highest BCUT2D eigenvalue weighted by molar-refractivity contribution is 7.87. The van der Waals surface area contributed by atoms with Gasteiger partial charge in [0, 0.05) is 62.4 Å². The second-order valence-electron chi connectivity index (χ2n) is 16.1. The third kappa shape index (κ3) is 14.8. The molecule has 2 aromatic carbocycles. The van der Waals surface area contributed by atoms with Crippen molar-refractivity contribution in [3.8, 4) is 22.9 Å². The van der Waals surface area contributed by atoms with Crippen LogP contribution in [-0.4, -0.2) is 110 Å². The van der Waals surface area contributed by atoms with E-state index in [4.69, 9.17) is 37.4 Å². The Hall–Kier alpha value is -5.40. The predicted molar refractivity (Wildman–Crippen MR) is 256 cm³/mol. The van der Waals surface area contributed by atoms with Crippen LogP contribution in [-0.2, 0) is 14.9 Å². The molecule has 0 spiro atoms. The average Bonchev–Trinajstić information content (AvgIpc) is 3.26. The van der Waals surface area contributed by atoms with Crippen molar-refractivity contribution in [2.45, 2.75) is 64.9 Å². The minimum absolute atomic E-state index is 0.0777. The van der Waals surface area contributed by atoms with Gasteiger partial charge in [-0.15, -0.1) is 13.2 Å². The highest BCUT2D eigenvalue weighted by atomic mass is 35.5. The fraction of sp³-hybridized carbons (Fsp3) is 0.444. The fourth-order valence-corrected chi connectivity index (χ4v) is 8.23. The number of carbonyl (C=O) groups is 1. The van der Waals surface area contributed by atoms with E-state index in [9.17, 15) is 22.8 Å². The molecule has 4 aromatic rings. The fourth-order valence-electron chi connectivity index (χ4n) is 6.84. The molecule has 0 saturated carbocycles. The number of nitrogens with zero attached hydrogens (tertiary/aromatic N) is 7. The van der Waals surface area contributed by atoms with Crippen molar-refractivity contribution in [3.63, 3.8) is 0 Å². The third-order valence-corrected chi connectivity index (χ3v) is 12.0. The Morgan fingerprint density at radius 3 is 1.65 bits per heavy atom. The molecule has 0 radical (unpaired) electrons. The van der Waals surface area contributed by atoms with E-state index in [0.717, 1.165) is 74.7 Å². The second kappa shape index (κ2) is 24.2. The Morgan fingerprint density at radius 1 is 0.754 bits per heavy atom. The Bertz CT molecular complexity index is 2460. The molecule has 2 aromatic heterocycles. The molecule has 6 rings (SSSR count). The zero-order chi connectivity index (χ0) is 47.0. The van der Waals surface area contributed by atoms with Crippen molar-refractivity contribution in [3.05, 3.63) is 117 Å². The number of carbonyl (C=O) groups excluding carboxylic acids is 1. The molecule has 0 bridgehead atoms. The van der Waals surface area contributed by atoms with Crippen LogP contribution in [0.4, 0.5) is 16.2 Å². The van der Waals surface area contributed by atoms with Crippen LogP contribution in [0.15, 0.2) is 95.8 Å². The van der Waals surface area contributed by atoms with Crippen LogP contribution in [0.25, 0.3) is 11.4 Å². The lowest BCUT2D eigenvalue weighted by molar-refractivity contribution is 0.0567. The Morgan fingerprint density at radius 2 is 1.22 bits per heavy atom. The first kappa shape index (κ1) is 50.6. The summed E-state index contributed by atoms with van der Waals surface area (Å²) in [4.78, 5) is 42.6. The van der Waals surface area contributed by atoms with Crippen LogP contribution in [0.3, 0.4) is 0 Å². The first-order valence-electron chi connectivity index (χ1n) is 21.6. The Kier molecular flexibility index (Phi) is 18.9. The summed E-state index contributed by atoms with van der Waals surface area (Å²) in [5, 5.41) is 13.0. The van der Waals surface area contributed by atoms with Crippen molar-refractivity contribution in [2.75, 3.05) is 75.4 Å². The molecule has 1 amide bonds. The number of piperazine rings is 2. The van der Waals surface area contributed by atoms with Gasteiger partial charge in [-0.25, -0.2) is 9.52 Å². The van der Waals surface area contributed by atoms with E-state index in [-0.39, 0.29) is 37.5 Å². The Balaban J connectivity index is 0.000000258. The summed E-state index contributed by atoms with van der Waals surface area (Å²) in [7, 11) is -4.10. The van der Waals surface area contributed by atoms with Crippen LogP contribution in [0.5, 0.6) is 11.5 Å². The van der Waals surface area contributed by atoms with Crippen molar-refractivity contribution in [2.24, 2.45) is 0 Å². The molecule has 352 valence electrons. The van der Waals surface area contributed by atoms with Crippen molar-refractivity contribution in [1.29, 1.82) is 0 Å². The summed E-state index contributed by atoms with van der Waals surface area (Å²) in [5.74, 6) is 0.479. The number of halogens is 2. The highest BCUT2D eigenvalue weighted by Crippen LogP contribution is 2.28. The van der Waals surface area contributed by atoms with E-state index >= 15 is 0 Å². The van der Waals surface area contributed by atoms with Gasteiger partial charge in [-0.1, -0.05) is 47.5 Å². The summed E-state index contributed by atoms with van der Waals surface area (Å²) in [6.45, 7) is 17.2. The number of nitrogens with one attached hydrogen (secondary N) is 2. The average molecular weight is 957 g/mol. The van der Waals surface area contributed by atoms with Gasteiger partial charge < -0.3 is 29.3 Å². The molecule has 0 unspecified atom stereocenters. The number of unbranched alkanes of at least 4 members (excludes halogenated alkanes) is 4. The van der Waals surface area contributed by atoms with Gasteiger partial charge in [0.2, 0.25) is 11.5 Å². The van der Waals surface area contributed by atoms with Crippen molar-refractivity contribution >= 4 is 50.9 Å². The summed E-state index contributed by atoms with van der Waals surface area (Å²) in [6, 6.07) is 13.9. The molecule has 2 aliphatic rings. The minimum atomic E-state index is -4.10. The maximum atomic E-state index is 13.4. The standard InChI is InChI=1S/C25H34ClN5O6S.C20H25ClN4O2/c1-5-6-7-8-16-36-22-21(18-27-31(23(22)32)20-11-9-10-19(26)17-20)29-12-14-30(15-13-29)38(34,35)28-24(33)37-25(2,3)4;1-2-3-4-5-13-27-19-18(24-11-9-22-10-12-24)15-23-25(20(19)26)17-8-6-7-16(21)14-17/h5,9-11,17-18H,1,6-8,12-16H2,2-4H3,(H,28,33);2,6-8,14-15,22H,1,3-5,9-13H2. The molecular weight excluding hydrogens is 898 g/mol. The number of amides is 1. The number of benzene rings is 2. The Labute approximate surface area is 390 Å². The third-order valence-electron chi connectivity index (χ3n) is 10.0. The van der Waals surface area contributed by atoms with E-state index in [2.05, 4.69) is 33.6 Å². The van der Waals surface area contributed by atoms with Crippen LogP contribution in [0.1, 0.15) is 59.3 Å². The van der Waals surface area contributed by atoms with E-state index in [1.807, 2.05) is 21.8 Å². The topological polar surface area (TPSA) is 182 Å². The molecule has 4 heterocycles. The molecule has 0 aliphatic carbocycles. The van der Waals surface area contributed by atoms with Gasteiger partial charge in [0.1, 0.15) is 17.0 Å². The van der Waals surface area contributed by atoms with Gasteiger partial charge in [0.25, 0.3) is 0 Å². The summed E-state index contributed by atoms with van der Waals surface area (Å²) < 4.78 is 48.0. The lowest BCUT2D eigenvalue weighted by Gasteiger charge is -2.35. The summed E-state index contributed by atoms with van der Waals surface area (Å²) >= 11 is 12.2. The normalized spacial score (nSPS) is 14.5. The van der Waals surface area contributed by atoms with E-state index in [1.165, 1.54) is 15.6 Å². The quantitative estimate of drug-likeness (QED) is 0.0811. The van der Waals surface area contributed by atoms with Gasteiger partial charge in [0.05, 0.1) is 37.0 Å². The highest BCUT2D eigenvalue weighted by Gasteiger charge is 2.32. The molecular formula is C45H59Cl2N9O8S.